The second-order valence-corrected chi connectivity index (χ2v) is 6.77. The van der Waals surface area contributed by atoms with Crippen LogP contribution >= 0.6 is 12.4 Å². The van der Waals surface area contributed by atoms with Crippen molar-refractivity contribution < 1.29 is 13.9 Å². The second kappa shape index (κ2) is 9.51. The highest BCUT2D eigenvalue weighted by Crippen LogP contribution is 2.35. The number of benzene rings is 1. The van der Waals surface area contributed by atoms with Crippen LogP contribution in [0, 0.1) is 11.2 Å². The quantitative estimate of drug-likeness (QED) is 0.772. The molecule has 0 atom stereocenters. The Hall–Kier alpha value is -1.17. The van der Waals surface area contributed by atoms with Gasteiger partial charge in [-0.25, -0.2) is 4.39 Å². The third-order valence-electron chi connectivity index (χ3n) is 5.72. The molecule has 0 aliphatic carbocycles. The van der Waals surface area contributed by atoms with Crippen LogP contribution in [-0.4, -0.2) is 32.2 Å². The van der Waals surface area contributed by atoms with Crippen molar-refractivity contribution in [2.75, 3.05) is 26.3 Å². The van der Waals surface area contributed by atoms with Gasteiger partial charge in [0.15, 0.2) is 0 Å². The van der Waals surface area contributed by atoms with Crippen LogP contribution in [0.1, 0.15) is 45.1 Å². The van der Waals surface area contributed by atoms with E-state index in [1.165, 1.54) is 12.1 Å². The van der Waals surface area contributed by atoms with Gasteiger partial charge in [0, 0.05) is 31.7 Å². The summed E-state index contributed by atoms with van der Waals surface area (Å²) < 4.78 is 18.8. The average molecular weight is 373 g/mol. The van der Waals surface area contributed by atoms with Crippen molar-refractivity contribution in [3.63, 3.8) is 0 Å². The lowest BCUT2D eigenvalue weighted by atomic mass is 9.73. The molecule has 0 radical (unpaired) electrons. The molecule has 1 amide bonds. The van der Waals surface area contributed by atoms with E-state index in [2.05, 4.69) is 5.32 Å². The number of ether oxygens (including phenoxy) is 1. The second-order valence-electron chi connectivity index (χ2n) is 6.77. The van der Waals surface area contributed by atoms with Gasteiger partial charge in [0.1, 0.15) is 5.82 Å². The van der Waals surface area contributed by atoms with E-state index < -0.39 is 5.41 Å². The maximum absolute atomic E-state index is 13.3. The minimum atomic E-state index is -0.505. The zero-order chi connectivity index (χ0) is 17.6. The van der Waals surface area contributed by atoms with Crippen molar-refractivity contribution in [1.82, 2.24) is 5.32 Å². The molecule has 1 saturated heterocycles. The van der Waals surface area contributed by atoms with Crippen LogP contribution in [-0.2, 0) is 14.9 Å². The molecule has 0 spiro atoms. The molecule has 6 heteroatoms. The standard InChI is InChI=1S/C19H29FN2O2.ClH/c1-3-18(4-2,13-21)17(23)22-14-19(9-11-24-12-10-19)15-5-7-16(20)8-6-15;/h5-8H,3-4,9-14,21H2,1-2H3,(H,22,23);1H. The summed E-state index contributed by atoms with van der Waals surface area (Å²) in [5, 5.41) is 3.13. The van der Waals surface area contributed by atoms with E-state index in [1.807, 2.05) is 26.0 Å². The van der Waals surface area contributed by atoms with Crippen LogP contribution in [0.15, 0.2) is 24.3 Å². The molecule has 0 saturated carbocycles. The number of nitrogens with one attached hydrogen (secondary N) is 1. The van der Waals surface area contributed by atoms with Gasteiger partial charge < -0.3 is 15.8 Å². The van der Waals surface area contributed by atoms with Crippen molar-refractivity contribution in [2.24, 2.45) is 11.1 Å². The van der Waals surface area contributed by atoms with Crippen LogP contribution in [0.25, 0.3) is 0 Å². The Bertz CT molecular complexity index is 533. The number of halogens is 2. The topological polar surface area (TPSA) is 64.4 Å². The first-order valence-electron chi connectivity index (χ1n) is 8.84. The average Bonchev–Trinajstić information content (AvgIpc) is 2.63. The first-order chi connectivity index (χ1) is 11.5. The lowest BCUT2D eigenvalue weighted by Gasteiger charge is -2.39. The molecule has 1 fully saturated rings. The van der Waals surface area contributed by atoms with E-state index >= 15 is 0 Å². The fourth-order valence-electron chi connectivity index (χ4n) is 3.52. The summed E-state index contributed by atoms with van der Waals surface area (Å²) in [5.74, 6) is -0.230. The molecular weight excluding hydrogens is 343 g/mol. The molecule has 142 valence electrons. The van der Waals surface area contributed by atoms with Gasteiger partial charge >= 0.3 is 0 Å². The number of carbonyl (C=O) groups is 1. The lowest BCUT2D eigenvalue weighted by molar-refractivity contribution is -0.131. The van der Waals surface area contributed by atoms with Crippen LogP contribution < -0.4 is 11.1 Å². The molecule has 1 aliphatic heterocycles. The summed E-state index contributed by atoms with van der Waals surface area (Å²) in [6.07, 6.45) is 3.07. The van der Waals surface area contributed by atoms with Crippen LogP contribution in [0.5, 0.6) is 0 Å². The summed E-state index contributed by atoms with van der Waals surface area (Å²) in [6.45, 7) is 6.18. The first-order valence-corrected chi connectivity index (χ1v) is 8.84. The fourth-order valence-corrected chi connectivity index (χ4v) is 3.52. The Morgan fingerprint density at radius 2 is 1.80 bits per heavy atom. The van der Waals surface area contributed by atoms with Gasteiger partial charge in [-0.2, -0.15) is 0 Å². The van der Waals surface area contributed by atoms with Crippen LogP contribution in [0.2, 0.25) is 0 Å². The van der Waals surface area contributed by atoms with Gasteiger partial charge in [-0.15, -0.1) is 12.4 Å². The van der Waals surface area contributed by atoms with Crippen molar-refractivity contribution in [3.05, 3.63) is 35.6 Å². The number of nitrogens with two attached hydrogens (primary N) is 1. The Morgan fingerprint density at radius 3 is 2.28 bits per heavy atom. The summed E-state index contributed by atoms with van der Waals surface area (Å²) >= 11 is 0. The molecule has 25 heavy (non-hydrogen) atoms. The highest BCUT2D eigenvalue weighted by molar-refractivity contribution is 5.85. The molecule has 2 rings (SSSR count). The largest absolute Gasteiger partial charge is 0.381 e. The SMILES string of the molecule is CCC(CC)(CN)C(=O)NCC1(c2ccc(F)cc2)CCOCC1.Cl. The van der Waals surface area contributed by atoms with E-state index in [0.29, 0.717) is 26.3 Å². The normalized spacial score (nSPS) is 16.8. The van der Waals surface area contributed by atoms with Crippen molar-refractivity contribution in [3.8, 4) is 0 Å². The zero-order valence-electron chi connectivity index (χ0n) is 15.1. The van der Waals surface area contributed by atoms with Gasteiger partial charge in [-0.1, -0.05) is 26.0 Å². The van der Waals surface area contributed by atoms with Gasteiger partial charge in [0.05, 0.1) is 5.41 Å². The summed E-state index contributed by atoms with van der Waals surface area (Å²) in [7, 11) is 0. The molecule has 1 aliphatic rings. The minimum Gasteiger partial charge on any atom is -0.381 e. The van der Waals surface area contributed by atoms with Gasteiger partial charge in [0.2, 0.25) is 5.91 Å². The van der Waals surface area contributed by atoms with E-state index in [9.17, 15) is 9.18 Å². The number of amides is 1. The predicted molar refractivity (Wildman–Crippen MR) is 100 cm³/mol. The fraction of sp³-hybridized carbons (Fsp3) is 0.632. The van der Waals surface area contributed by atoms with E-state index in [0.717, 1.165) is 31.2 Å². The number of rotatable bonds is 7. The first kappa shape index (κ1) is 21.9. The molecule has 1 heterocycles. The zero-order valence-corrected chi connectivity index (χ0v) is 16.0. The molecule has 0 aromatic heterocycles. The van der Waals surface area contributed by atoms with Crippen LogP contribution in [0.4, 0.5) is 4.39 Å². The molecule has 0 unspecified atom stereocenters. The molecule has 4 nitrogen and oxygen atoms in total. The van der Waals surface area contributed by atoms with Crippen molar-refractivity contribution in [2.45, 2.75) is 44.9 Å². The van der Waals surface area contributed by atoms with E-state index in [4.69, 9.17) is 10.5 Å². The number of carbonyl (C=O) groups excluding carboxylic acids is 1. The number of hydrogen-bond acceptors (Lipinski definition) is 3. The molecule has 0 bridgehead atoms. The third-order valence-corrected chi connectivity index (χ3v) is 5.72. The Kier molecular flexibility index (Phi) is 8.32. The summed E-state index contributed by atoms with van der Waals surface area (Å²) in [5.41, 5.74) is 6.22. The van der Waals surface area contributed by atoms with Crippen molar-refractivity contribution in [1.29, 1.82) is 0 Å². The Morgan fingerprint density at radius 1 is 1.24 bits per heavy atom. The highest BCUT2D eigenvalue weighted by atomic mass is 35.5. The van der Waals surface area contributed by atoms with Crippen molar-refractivity contribution >= 4 is 18.3 Å². The number of hydrogen-bond donors (Lipinski definition) is 2. The smallest absolute Gasteiger partial charge is 0.227 e. The van der Waals surface area contributed by atoms with E-state index in [1.54, 1.807) is 0 Å². The molecule has 1 aromatic rings. The van der Waals surface area contributed by atoms with E-state index in [-0.39, 0.29) is 29.5 Å². The minimum absolute atomic E-state index is 0. The third kappa shape index (κ3) is 4.72. The molecule has 3 N–H and O–H groups in total. The van der Waals surface area contributed by atoms with Crippen LogP contribution in [0.3, 0.4) is 0 Å². The lowest BCUT2D eigenvalue weighted by Crippen LogP contribution is -2.51. The van der Waals surface area contributed by atoms with Gasteiger partial charge in [0.25, 0.3) is 0 Å². The maximum Gasteiger partial charge on any atom is 0.227 e. The molecule has 1 aromatic carbocycles. The molecular formula is C19H30ClFN2O2. The Balaban J connectivity index is 0.00000312. The Labute approximate surface area is 156 Å². The maximum atomic E-state index is 13.3. The monoisotopic (exact) mass is 372 g/mol. The van der Waals surface area contributed by atoms with Gasteiger partial charge in [-0.05, 0) is 43.4 Å². The summed E-state index contributed by atoms with van der Waals surface area (Å²) in [6, 6.07) is 6.61. The van der Waals surface area contributed by atoms with Gasteiger partial charge in [-0.3, -0.25) is 4.79 Å². The predicted octanol–water partition coefficient (Wildman–Crippen LogP) is 3.18. The summed E-state index contributed by atoms with van der Waals surface area (Å²) in [4.78, 5) is 12.7. The highest BCUT2D eigenvalue weighted by Gasteiger charge is 2.38.